The first-order valence-corrected chi connectivity index (χ1v) is 13.6. The molecule has 10 heteroatoms. The van der Waals surface area contributed by atoms with Crippen molar-refractivity contribution in [3.8, 4) is 11.5 Å². The minimum Gasteiger partial charge on any atom is -0.508 e. The summed E-state index contributed by atoms with van der Waals surface area (Å²) >= 11 is 0. The van der Waals surface area contributed by atoms with E-state index in [1.807, 2.05) is 22.8 Å². The first-order chi connectivity index (χ1) is 19.1. The molecular formula is C30H34FN5O4. The second-order valence-electron chi connectivity index (χ2n) is 11.1. The Balaban J connectivity index is 1.38. The normalized spacial score (nSPS) is 23.1. The van der Waals surface area contributed by atoms with Gasteiger partial charge in [0.05, 0.1) is 13.2 Å². The van der Waals surface area contributed by atoms with Crippen LogP contribution in [0.25, 0.3) is 10.9 Å². The first kappa shape index (κ1) is 26.2. The molecule has 0 bridgehead atoms. The number of aromatic hydroxyl groups is 1. The highest BCUT2D eigenvalue weighted by Gasteiger charge is 2.57. The van der Waals surface area contributed by atoms with Crippen LogP contribution < -0.4 is 4.74 Å². The van der Waals surface area contributed by atoms with Crippen LogP contribution in [0.3, 0.4) is 0 Å². The summed E-state index contributed by atoms with van der Waals surface area (Å²) in [5, 5.41) is 10.8. The molecule has 0 aliphatic carbocycles. The zero-order valence-electron chi connectivity index (χ0n) is 23.0. The number of carbonyl (C=O) groups excluding carboxylic acids is 2. The summed E-state index contributed by atoms with van der Waals surface area (Å²) in [6.07, 6.45) is 0.285. The number of carbonyl (C=O) groups is 2. The van der Waals surface area contributed by atoms with Crippen LogP contribution in [0.4, 0.5) is 4.39 Å². The zero-order valence-corrected chi connectivity index (χ0v) is 23.0. The highest BCUT2D eigenvalue weighted by Crippen LogP contribution is 2.51. The van der Waals surface area contributed by atoms with Crippen LogP contribution in [0.15, 0.2) is 48.8 Å². The number of benzene rings is 2. The molecule has 9 nitrogen and oxygen atoms in total. The van der Waals surface area contributed by atoms with Gasteiger partial charge in [-0.2, -0.15) is 0 Å². The van der Waals surface area contributed by atoms with Crippen LogP contribution in [-0.4, -0.2) is 93.4 Å². The number of hydrogen-bond donors (Lipinski definition) is 2. The molecule has 40 heavy (non-hydrogen) atoms. The molecule has 2 amide bonds. The van der Waals surface area contributed by atoms with Crippen molar-refractivity contribution < 1.29 is 23.8 Å². The third kappa shape index (κ3) is 3.92. The average Bonchev–Trinajstić information content (AvgIpc) is 3.38. The molecule has 0 saturated carbocycles. The molecule has 0 spiro atoms. The Bertz CT molecular complexity index is 1530. The van der Waals surface area contributed by atoms with Gasteiger partial charge in [-0.3, -0.25) is 19.4 Å². The zero-order chi connectivity index (χ0) is 28.3. The summed E-state index contributed by atoms with van der Waals surface area (Å²) in [5.74, 6) is 0.349. The quantitative estimate of drug-likeness (QED) is 0.510. The van der Waals surface area contributed by atoms with Crippen LogP contribution in [0.2, 0.25) is 0 Å². The van der Waals surface area contributed by atoms with Gasteiger partial charge in [-0.15, -0.1) is 0 Å². The third-order valence-corrected chi connectivity index (χ3v) is 8.75. The molecule has 3 aromatic rings. The molecule has 6 rings (SSSR count). The standard InChI is InChI=1S/C30H34FN5O4/c1-18-35(15-12-33-10-13-34(14-11-33)19(2)37)29(39)30(3)17-22-25-23(8-9-24(40-4)26(25)31)32-27(22)28(36(18)30)20-6-5-7-21(38)16-20/h5-9,16,28,32,38H,1,10-15,17H2,2-4H3/t28-,30+/m1/s1. The number of hydrogen-bond acceptors (Lipinski definition) is 6. The SMILES string of the molecule is C=C1N(CCN2CCN(C(C)=O)CC2)C(=O)[C@]2(C)Cc3c([nH]c4ccc(OC)c(F)c34)[C@@H](c3cccc(O)c3)N12. The Kier molecular flexibility index (Phi) is 6.25. The number of rotatable bonds is 5. The fourth-order valence-electron chi connectivity index (χ4n) is 6.65. The largest absolute Gasteiger partial charge is 0.508 e. The summed E-state index contributed by atoms with van der Waals surface area (Å²) in [4.78, 5) is 37.2. The van der Waals surface area contributed by atoms with Gasteiger partial charge >= 0.3 is 0 Å². The van der Waals surface area contributed by atoms with E-state index in [4.69, 9.17) is 4.74 Å². The summed E-state index contributed by atoms with van der Waals surface area (Å²) in [6.45, 7) is 11.8. The molecule has 2 atom stereocenters. The Hall–Kier alpha value is -4.05. The van der Waals surface area contributed by atoms with Crippen LogP contribution in [0.1, 0.15) is 36.7 Å². The van der Waals surface area contributed by atoms with Crippen molar-refractivity contribution >= 4 is 22.7 Å². The fraction of sp³-hybridized carbons (Fsp3) is 0.400. The van der Waals surface area contributed by atoms with E-state index in [9.17, 15) is 14.7 Å². The fourth-order valence-corrected chi connectivity index (χ4v) is 6.65. The van der Waals surface area contributed by atoms with Crippen LogP contribution in [-0.2, 0) is 16.0 Å². The highest BCUT2D eigenvalue weighted by molar-refractivity contribution is 5.94. The lowest BCUT2D eigenvalue weighted by Crippen LogP contribution is -2.53. The van der Waals surface area contributed by atoms with Gasteiger partial charge in [-0.25, -0.2) is 4.39 Å². The molecule has 3 aliphatic heterocycles. The van der Waals surface area contributed by atoms with Crippen molar-refractivity contribution in [3.05, 3.63) is 71.4 Å². The number of nitrogens with zero attached hydrogens (tertiary/aromatic N) is 4. The van der Waals surface area contributed by atoms with Gasteiger partial charge in [0.15, 0.2) is 11.6 Å². The monoisotopic (exact) mass is 547 g/mol. The van der Waals surface area contributed by atoms with Gasteiger partial charge in [-0.1, -0.05) is 18.7 Å². The van der Waals surface area contributed by atoms with E-state index in [0.29, 0.717) is 42.9 Å². The highest BCUT2D eigenvalue weighted by atomic mass is 19.1. The number of piperazine rings is 1. The first-order valence-electron chi connectivity index (χ1n) is 13.6. The number of halogens is 1. The molecule has 0 radical (unpaired) electrons. The summed E-state index contributed by atoms with van der Waals surface area (Å²) < 4.78 is 20.9. The van der Waals surface area contributed by atoms with Gasteiger partial charge in [0.1, 0.15) is 17.1 Å². The number of phenolic OH excluding ortho intramolecular Hbond substituents is 1. The van der Waals surface area contributed by atoms with Crippen molar-refractivity contribution in [3.63, 3.8) is 0 Å². The number of aromatic nitrogens is 1. The van der Waals surface area contributed by atoms with Crippen molar-refractivity contribution in [2.45, 2.75) is 31.8 Å². The second-order valence-corrected chi connectivity index (χ2v) is 11.1. The minimum absolute atomic E-state index is 0.0790. The average molecular weight is 548 g/mol. The van der Waals surface area contributed by atoms with Gasteiger partial charge in [0.2, 0.25) is 5.91 Å². The number of nitrogens with one attached hydrogen (secondary N) is 1. The molecule has 2 saturated heterocycles. The molecule has 1 aromatic heterocycles. The summed E-state index contributed by atoms with van der Waals surface area (Å²) in [6, 6.07) is 9.82. The van der Waals surface area contributed by atoms with E-state index in [0.717, 1.165) is 29.9 Å². The summed E-state index contributed by atoms with van der Waals surface area (Å²) in [5.41, 5.74) is 1.86. The maximum atomic E-state index is 15.7. The molecule has 2 aromatic carbocycles. The van der Waals surface area contributed by atoms with Crippen LogP contribution in [0.5, 0.6) is 11.5 Å². The maximum Gasteiger partial charge on any atom is 0.254 e. The van der Waals surface area contributed by atoms with Gasteiger partial charge in [0.25, 0.3) is 5.91 Å². The molecule has 4 heterocycles. The van der Waals surface area contributed by atoms with Gasteiger partial charge < -0.3 is 24.6 Å². The topological polar surface area (TPSA) is 92.3 Å². The molecule has 2 fully saturated rings. The van der Waals surface area contributed by atoms with E-state index in [1.54, 1.807) is 42.2 Å². The van der Waals surface area contributed by atoms with E-state index in [2.05, 4.69) is 16.5 Å². The van der Waals surface area contributed by atoms with Crippen molar-refractivity contribution in [1.82, 2.24) is 24.6 Å². The molecule has 210 valence electrons. The number of methoxy groups -OCH3 is 1. The van der Waals surface area contributed by atoms with Gasteiger partial charge in [0, 0.05) is 69.2 Å². The van der Waals surface area contributed by atoms with E-state index >= 15 is 4.39 Å². The van der Waals surface area contributed by atoms with Crippen molar-refractivity contribution in [2.75, 3.05) is 46.4 Å². The Morgan fingerprint density at radius 2 is 1.95 bits per heavy atom. The molecule has 2 N–H and O–H groups in total. The number of amides is 2. The third-order valence-electron chi connectivity index (χ3n) is 8.75. The van der Waals surface area contributed by atoms with Crippen LogP contribution in [0, 0.1) is 5.82 Å². The lowest BCUT2D eigenvalue weighted by molar-refractivity contribution is -0.133. The lowest BCUT2D eigenvalue weighted by Gasteiger charge is -2.44. The van der Waals surface area contributed by atoms with Crippen LogP contribution >= 0.6 is 0 Å². The Morgan fingerprint density at radius 3 is 2.62 bits per heavy atom. The predicted molar refractivity (Wildman–Crippen MR) is 148 cm³/mol. The van der Waals surface area contributed by atoms with Crippen molar-refractivity contribution in [1.29, 1.82) is 0 Å². The smallest absolute Gasteiger partial charge is 0.254 e. The number of aromatic amines is 1. The van der Waals surface area contributed by atoms with E-state index in [-0.39, 0.29) is 29.7 Å². The number of fused-ring (bicyclic) bond motifs is 4. The van der Waals surface area contributed by atoms with Crippen molar-refractivity contribution in [2.24, 2.45) is 0 Å². The second kappa shape index (κ2) is 9.55. The minimum atomic E-state index is -1.02. The molecule has 0 unspecified atom stereocenters. The number of H-pyrrole nitrogens is 1. The number of ether oxygens (including phenoxy) is 1. The molecule has 3 aliphatic rings. The maximum absolute atomic E-state index is 15.7. The van der Waals surface area contributed by atoms with E-state index < -0.39 is 17.4 Å². The Labute approximate surface area is 232 Å². The van der Waals surface area contributed by atoms with Gasteiger partial charge in [-0.05, 0) is 42.3 Å². The van der Waals surface area contributed by atoms with E-state index in [1.165, 1.54) is 7.11 Å². The Morgan fingerprint density at radius 1 is 1.20 bits per heavy atom. The summed E-state index contributed by atoms with van der Waals surface area (Å²) in [7, 11) is 1.43. The lowest BCUT2D eigenvalue weighted by atomic mass is 9.81. The number of phenols is 1. The molecular weight excluding hydrogens is 513 g/mol. The predicted octanol–water partition coefficient (Wildman–Crippen LogP) is 3.20.